The molecule has 10 heteroatoms. The maximum atomic E-state index is 13.9. The SMILES string of the molecule is CCOc1ccc(NC(=O)c2cc3n(n2)[C@H](C(F)(F)F)C[C@@H](c2ccc(OC)cc2)N3)cc1. The molecule has 2 aromatic carbocycles. The van der Waals surface area contributed by atoms with Gasteiger partial charge >= 0.3 is 6.18 Å². The molecule has 1 aliphatic heterocycles. The van der Waals surface area contributed by atoms with Gasteiger partial charge in [-0.1, -0.05) is 12.1 Å². The van der Waals surface area contributed by atoms with Crippen LogP contribution in [0, 0.1) is 0 Å². The average Bonchev–Trinajstić information content (AvgIpc) is 3.23. The van der Waals surface area contributed by atoms with E-state index in [1.807, 2.05) is 6.92 Å². The van der Waals surface area contributed by atoms with E-state index in [9.17, 15) is 18.0 Å². The van der Waals surface area contributed by atoms with Crippen molar-refractivity contribution < 1.29 is 27.4 Å². The summed E-state index contributed by atoms with van der Waals surface area (Å²) in [7, 11) is 1.52. The van der Waals surface area contributed by atoms with Gasteiger partial charge in [0, 0.05) is 18.2 Å². The number of anilines is 2. The first kappa shape index (κ1) is 22.5. The third-order valence-corrected chi connectivity index (χ3v) is 5.36. The van der Waals surface area contributed by atoms with Crippen molar-refractivity contribution in [2.45, 2.75) is 31.6 Å². The molecule has 174 valence electrons. The number of methoxy groups -OCH3 is 1. The highest BCUT2D eigenvalue weighted by Gasteiger charge is 2.46. The Balaban J connectivity index is 1.57. The zero-order valence-electron chi connectivity index (χ0n) is 18.0. The number of hydrogen-bond acceptors (Lipinski definition) is 5. The van der Waals surface area contributed by atoms with E-state index in [0.717, 1.165) is 4.68 Å². The van der Waals surface area contributed by atoms with Crippen molar-refractivity contribution in [2.75, 3.05) is 24.4 Å². The van der Waals surface area contributed by atoms with E-state index in [1.54, 1.807) is 48.5 Å². The molecule has 1 aliphatic rings. The minimum atomic E-state index is -4.53. The zero-order chi connectivity index (χ0) is 23.6. The average molecular weight is 460 g/mol. The van der Waals surface area contributed by atoms with Crippen LogP contribution >= 0.6 is 0 Å². The summed E-state index contributed by atoms with van der Waals surface area (Å²) in [6.07, 6.45) is -4.79. The molecular formula is C23H23F3N4O3. The summed E-state index contributed by atoms with van der Waals surface area (Å²) >= 11 is 0. The Morgan fingerprint density at radius 3 is 2.42 bits per heavy atom. The first-order valence-corrected chi connectivity index (χ1v) is 10.4. The second-order valence-corrected chi connectivity index (χ2v) is 7.53. The van der Waals surface area contributed by atoms with Gasteiger partial charge in [0.1, 0.15) is 17.3 Å². The number of halogens is 3. The molecule has 1 amide bonds. The first-order chi connectivity index (χ1) is 15.8. The Morgan fingerprint density at radius 1 is 1.15 bits per heavy atom. The van der Waals surface area contributed by atoms with Crippen LogP contribution in [0.5, 0.6) is 11.5 Å². The minimum Gasteiger partial charge on any atom is -0.497 e. The largest absolute Gasteiger partial charge is 0.497 e. The van der Waals surface area contributed by atoms with E-state index in [4.69, 9.17) is 9.47 Å². The second kappa shape index (κ2) is 9.05. The Morgan fingerprint density at radius 2 is 1.82 bits per heavy atom. The van der Waals surface area contributed by atoms with E-state index in [-0.39, 0.29) is 17.9 Å². The van der Waals surface area contributed by atoms with Gasteiger partial charge in [-0.3, -0.25) is 4.79 Å². The molecule has 0 bridgehead atoms. The summed E-state index contributed by atoms with van der Waals surface area (Å²) in [5.74, 6) is 0.779. The molecule has 0 saturated heterocycles. The van der Waals surface area contributed by atoms with Gasteiger partial charge in [-0.15, -0.1) is 0 Å². The highest BCUT2D eigenvalue weighted by Crippen LogP contribution is 2.43. The molecule has 0 unspecified atom stereocenters. The van der Waals surface area contributed by atoms with Crippen LogP contribution < -0.4 is 20.1 Å². The number of hydrogen-bond donors (Lipinski definition) is 2. The van der Waals surface area contributed by atoms with Gasteiger partial charge in [0.2, 0.25) is 0 Å². The van der Waals surface area contributed by atoms with Crippen molar-refractivity contribution in [1.82, 2.24) is 9.78 Å². The quantitative estimate of drug-likeness (QED) is 0.529. The molecule has 4 rings (SSSR count). The predicted molar refractivity (Wildman–Crippen MR) is 117 cm³/mol. The smallest absolute Gasteiger partial charge is 0.410 e. The molecule has 0 spiro atoms. The van der Waals surface area contributed by atoms with Gasteiger partial charge in [-0.25, -0.2) is 4.68 Å². The summed E-state index contributed by atoms with van der Waals surface area (Å²) in [4.78, 5) is 12.7. The van der Waals surface area contributed by atoms with Crippen LogP contribution in [0.2, 0.25) is 0 Å². The maximum Gasteiger partial charge on any atom is 0.410 e. The number of amides is 1. The van der Waals surface area contributed by atoms with Gasteiger partial charge in [-0.05, 0) is 48.9 Å². The van der Waals surface area contributed by atoms with E-state index < -0.39 is 24.2 Å². The van der Waals surface area contributed by atoms with Crippen molar-refractivity contribution >= 4 is 17.4 Å². The predicted octanol–water partition coefficient (Wildman–Crippen LogP) is 5.20. The van der Waals surface area contributed by atoms with Crippen molar-refractivity contribution in [2.24, 2.45) is 0 Å². The number of nitrogens with zero attached hydrogens (tertiary/aromatic N) is 2. The van der Waals surface area contributed by atoms with E-state index in [1.165, 1.54) is 13.2 Å². The molecule has 2 heterocycles. The lowest BCUT2D eigenvalue weighted by Gasteiger charge is -2.33. The number of nitrogens with one attached hydrogen (secondary N) is 2. The summed E-state index contributed by atoms with van der Waals surface area (Å²) in [6, 6.07) is 12.4. The van der Waals surface area contributed by atoms with Crippen LogP contribution in [-0.4, -0.2) is 35.6 Å². The number of carbonyl (C=O) groups excluding carboxylic acids is 1. The maximum absolute atomic E-state index is 13.9. The lowest BCUT2D eigenvalue weighted by atomic mass is 9.97. The molecule has 7 nitrogen and oxygen atoms in total. The zero-order valence-corrected chi connectivity index (χ0v) is 18.0. The van der Waals surface area contributed by atoms with E-state index in [2.05, 4.69) is 15.7 Å². The highest BCUT2D eigenvalue weighted by atomic mass is 19.4. The van der Waals surface area contributed by atoms with Crippen LogP contribution in [0.25, 0.3) is 0 Å². The molecular weight excluding hydrogens is 437 g/mol. The topological polar surface area (TPSA) is 77.4 Å². The van der Waals surface area contributed by atoms with Crippen LogP contribution in [0.4, 0.5) is 24.7 Å². The fourth-order valence-corrected chi connectivity index (χ4v) is 3.74. The van der Waals surface area contributed by atoms with Crippen LogP contribution in [-0.2, 0) is 0 Å². The molecule has 2 atom stereocenters. The fourth-order valence-electron chi connectivity index (χ4n) is 3.74. The highest BCUT2D eigenvalue weighted by molar-refractivity contribution is 6.03. The van der Waals surface area contributed by atoms with Gasteiger partial charge < -0.3 is 20.1 Å². The lowest BCUT2D eigenvalue weighted by Crippen LogP contribution is -2.35. The Labute approximate surface area is 188 Å². The van der Waals surface area contributed by atoms with Gasteiger partial charge in [0.05, 0.1) is 19.8 Å². The Bertz CT molecular complexity index is 1110. The van der Waals surface area contributed by atoms with Gasteiger partial charge in [0.25, 0.3) is 5.91 Å². The van der Waals surface area contributed by atoms with E-state index >= 15 is 0 Å². The van der Waals surface area contributed by atoms with Crippen LogP contribution in [0.1, 0.15) is 41.5 Å². The van der Waals surface area contributed by atoms with Crippen molar-refractivity contribution in [3.8, 4) is 11.5 Å². The third kappa shape index (κ3) is 4.89. The monoisotopic (exact) mass is 460 g/mol. The number of aromatic nitrogens is 2. The van der Waals surface area contributed by atoms with Crippen LogP contribution in [0.15, 0.2) is 54.6 Å². The van der Waals surface area contributed by atoms with Gasteiger partial charge in [0.15, 0.2) is 11.7 Å². The molecule has 1 aromatic heterocycles. The standard InChI is InChI=1S/C23H23F3N4O3/c1-3-33-17-10-6-15(7-11-17)27-22(31)19-13-21-28-18(14-4-8-16(32-2)9-5-14)12-20(23(24,25)26)30(21)29-19/h4-11,13,18,20,28H,3,12H2,1-2H3,(H,27,31)/t18-,20-/m0/s1. The summed E-state index contributed by atoms with van der Waals surface area (Å²) in [5, 5.41) is 9.70. The van der Waals surface area contributed by atoms with Crippen LogP contribution in [0.3, 0.4) is 0 Å². The number of fused-ring (bicyclic) bond motifs is 1. The first-order valence-electron chi connectivity index (χ1n) is 10.4. The fraction of sp³-hybridized carbons (Fsp3) is 0.304. The lowest BCUT2D eigenvalue weighted by molar-refractivity contribution is -0.173. The molecule has 0 saturated carbocycles. The molecule has 2 N–H and O–H groups in total. The number of ether oxygens (including phenoxy) is 2. The normalized spacial score (nSPS) is 17.6. The second-order valence-electron chi connectivity index (χ2n) is 7.53. The van der Waals surface area contributed by atoms with Crippen molar-refractivity contribution in [3.05, 3.63) is 65.9 Å². The third-order valence-electron chi connectivity index (χ3n) is 5.36. The number of carbonyl (C=O) groups is 1. The summed E-state index contributed by atoms with van der Waals surface area (Å²) in [5.41, 5.74) is 1.04. The molecule has 3 aromatic rings. The Hall–Kier alpha value is -3.69. The summed E-state index contributed by atoms with van der Waals surface area (Å²) in [6.45, 7) is 2.37. The molecule has 33 heavy (non-hydrogen) atoms. The number of rotatable bonds is 6. The molecule has 0 radical (unpaired) electrons. The van der Waals surface area contributed by atoms with E-state index in [0.29, 0.717) is 29.4 Å². The van der Waals surface area contributed by atoms with Crippen molar-refractivity contribution in [1.29, 1.82) is 0 Å². The summed E-state index contributed by atoms with van der Waals surface area (Å²) < 4.78 is 52.9. The minimum absolute atomic E-state index is 0.115. The Kier molecular flexibility index (Phi) is 6.17. The van der Waals surface area contributed by atoms with Crippen molar-refractivity contribution in [3.63, 3.8) is 0 Å². The molecule has 0 aliphatic carbocycles. The van der Waals surface area contributed by atoms with Gasteiger partial charge in [-0.2, -0.15) is 18.3 Å². The number of alkyl halides is 3. The number of benzene rings is 2. The molecule has 0 fully saturated rings.